The van der Waals surface area contributed by atoms with Gasteiger partial charge in [-0.05, 0) is 30.3 Å². The Bertz CT molecular complexity index is 878. The third kappa shape index (κ3) is 3.52. The molecule has 1 atom stereocenters. The van der Waals surface area contributed by atoms with E-state index in [0.29, 0.717) is 35.7 Å². The molecule has 1 unspecified atom stereocenters. The van der Waals surface area contributed by atoms with Crippen LogP contribution in [0.1, 0.15) is 28.4 Å². The largest absolute Gasteiger partial charge is 0.507 e. The number of aliphatic hydroxyl groups is 1. The Morgan fingerprint density at radius 1 is 1.23 bits per heavy atom. The minimum atomic E-state index is -0.651. The van der Waals surface area contributed by atoms with Gasteiger partial charge < -0.3 is 25.6 Å². The summed E-state index contributed by atoms with van der Waals surface area (Å²) < 4.78 is 5.58. The molecule has 0 aromatic heterocycles. The van der Waals surface area contributed by atoms with Crippen molar-refractivity contribution in [3.8, 4) is 11.5 Å². The molecule has 0 saturated carbocycles. The van der Waals surface area contributed by atoms with Crippen LogP contribution in [0.3, 0.4) is 0 Å². The summed E-state index contributed by atoms with van der Waals surface area (Å²) in [7, 11) is 0. The lowest BCUT2D eigenvalue weighted by Crippen LogP contribution is -2.18. The van der Waals surface area contributed by atoms with Crippen LogP contribution in [0.4, 0.5) is 11.4 Å². The summed E-state index contributed by atoms with van der Waals surface area (Å²) in [5.74, 6) is -0.823. The highest BCUT2D eigenvalue weighted by atomic mass is 16.5. The second-order valence-corrected chi connectivity index (χ2v) is 5.76. The molecule has 2 aromatic carbocycles. The molecular formula is C19H18N2O5. The fourth-order valence-electron chi connectivity index (χ4n) is 2.68. The summed E-state index contributed by atoms with van der Waals surface area (Å²) in [6, 6.07) is 9.22. The molecule has 0 spiro atoms. The van der Waals surface area contributed by atoms with Crippen molar-refractivity contribution in [1.82, 2.24) is 0 Å². The Hall–Kier alpha value is -3.32. The van der Waals surface area contributed by atoms with Crippen LogP contribution < -0.4 is 15.4 Å². The van der Waals surface area contributed by atoms with Crippen LogP contribution in [0.2, 0.25) is 0 Å². The summed E-state index contributed by atoms with van der Waals surface area (Å²) in [5, 5.41) is 25.2. The Labute approximate surface area is 149 Å². The van der Waals surface area contributed by atoms with Gasteiger partial charge in [-0.1, -0.05) is 18.7 Å². The Morgan fingerprint density at radius 3 is 2.81 bits per heavy atom. The Balaban J connectivity index is 1.87. The van der Waals surface area contributed by atoms with E-state index in [9.17, 15) is 19.8 Å². The van der Waals surface area contributed by atoms with Gasteiger partial charge in [0.05, 0.1) is 24.0 Å². The van der Waals surface area contributed by atoms with Gasteiger partial charge in [0.1, 0.15) is 11.5 Å². The van der Waals surface area contributed by atoms with Gasteiger partial charge >= 0.3 is 0 Å². The average Bonchev–Trinajstić information content (AvgIpc) is 2.64. The number of carbonyl (C=O) groups excluding carboxylic acids is 2. The molecule has 7 heteroatoms. The maximum absolute atomic E-state index is 12.6. The molecule has 0 saturated heterocycles. The van der Waals surface area contributed by atoms with Gasteiger partial charge in [0, 0.05) is 17.7 Å². The van der Waals surface area contributed by atoms with Crippen molar-refractivity contribution >= 4 is 23.2 Å². The van der Waals surface area contributed by atoms with E-state index in [2.05, 4.69) is 17.2 Å². The quantitative estimate of drug-likeness (QED) is 0.499. The van der Waals surface area contributed by atoms with Crippen molar-refractivity contribution < 1.29 is 24.5 Å². The van der Waals surface area contributed by atoms with E-state index >= 15 is 0 Å². The number of nitrogens with one attached hydrogen (secondary N) is 2. The van der Waals surface area contributed by atoms with Crippen molar-refractivity contribution in [3.05, 3.63) is 60.2 Å². The molecule has 4 N–H and O–H groups in total. The lowest BCUT2D eigenvalue weighted by molar-refractivity contribution is -0.111. The fraction of sp³-hybridized carbons (Fsp3) is 0.158. The number of aliphatic hydroxyl groups excluding tert-OH is 1. The van der Waals surface area contributed by atoms with Gasteiger partial charge in [-0.25, -0.2) is 0 Å². The topological polar surface area (TPSA) is 108 Å². The van der Waals surface area contributed by atoms with Crippen molar-refractivity contribution in [3.63, 3.8) is 0 Å². The van der Waals surface area contributed by atoms with Gasteiger partial charge in [0.2, 0.25) is 5.91 Å². The van der Waals surface area contributed by atoms with Gasteiger partial charge in [-0.15, -0.1) is 0 Å². The summed E-state index contributed by atoms with van der Waals surface area (Å²) in [6.45, 7) is 3.70. The summed E-state index contributed by atoms with van der Waals surface area (Å²) in [4.78, 5) is 24.0. The zero-order chi connectivity index (χ0) is 18.7. The number of amides is 2. The van der Waals surface area contributed by atoms with Crippen molar-refractivity contribution in [1.29, 1.82) is 0 Å². The number of aromatic hydroxyl groups is 1. The number of benzene rings is 2. The molecule has 2 amide bonds. The number of phenolic OH excluding ortho intramolecular Hbond substituents is 1. The molecule has 7 nitrogen and oxygen atoms in total. The molecule has 134 valence electrons. The molecule has 2 aromatic rings. The highest BCUT2D eigenvalue weighted by molar-refractivity contribution is 6.08. The molecule has 0 fully saturated rings. The first kappa shape index (κ1) is 17.5. The number of hydrogen-bond donors (Lipinski definition) is 4. The van der Waals surface area contributed by atoms with Crippen LogP contribution in [-0.2, 0) is 4.79 Å². The molecule has 1 aliphatic heterocycles. The smallest absolute Gasteiger partial charge is 0.259 e. The SMILES string of the molecule is C=CC(=O)Nc1ccc(O)c(C(=O)Nc2cccc3c2OCCC3O)c1. The lowest BCUT2D eigenvalue weighted by Gasteiger charge is -2.24. The van der Waals surface area contributed by atoms with Gasteiger partial charge in [-0.2, -0.15) is 0 Å². The Morgan fingerprint density at radius 2 is 2.04 bits per heavy atom. The normalized spacial score (nSPS) is 15.3. The number of carbonyl (C=O) groups is 2. The highest BCUT2D eigenvalue weighted by Gasteiger charge is 2.23. The zero-order valence-electron chi connectivity index (χ0n) is 13.9. The van der Waals surface area contributed by atoms with E-state index in [1.165, 1.54) is 18.2 Å². The predicted octanol–water partition coefficient (Wildman–Crippen LogP) is 2.58. The monoisotopic (exact) mass is 354 g/mol. The third-order valence-corrected chi connectivity index (χ3v) is 3.98. The first-order chi connectivity index (χ1) is 12.5. The standard InChI is InChI=1S/C19H18N2O5/c1-2-17(24)20-11-6-7-15(22)13(10-11)19(25)21-14-5-3-4-12-16(23)8-9-26-18(12)14/h2-7,10,16,22-23H,1,8-9H2,(H,20,24)(H,21,25). The highest BCUT2D eigenvalue weighted by Crippen LogP contribution is 2.38. The second-order valence-electron chi connectivity index (χ2n) is 5.76. The fourth-order valence-corrected chi connectivity index (χ4v) is 2.68. The first-order valence-electron chi connectivity index (χ1n) is 8.01. The van der Waals surface area contributed by atoms with Crippen molar-refractivity contribution in [2.24, 2.45) is 0 Å². The maximum Gasteiger partial charge on any atom is 0.259 e. The molecule has 0 radical (unpaired) electrons. The minimum Gasteiger partial charge on any atom is -0.507 e. The average molecular weight is 354 g/mol. The van der Waals surface area contributed by atoms with Crippen LogP contribution in [0.25, 0.3) is 0 Å². The lowest BCUT2D eigenvalue weighted by atomic mass is 10.0. The maximum atomic E-state index is 12.6. The van der Waals surface area contributed by atoms with E-state index in [1.807, 2.05) is 0 Å². The van der Waals surface area contributed by atoms with Crippen molar-refractivity contribution in [2.45, 2.75) is 12.5 Å². The number of ether oxygens (including phenoxy) is 1. The van der Waals surface area contributed by atoms with E-state index in [0.717, 1.165) is 6.08 Å². The Kier molecular flexibility index (Phi) is 4.90. The van der Waals surface area contributed by atoms with Crippen molar-refractivity contribution in [2.75, 3.05) is 17.2 Å². The zero-order valence-corrected chi connectivity index (χ0v) is 13.9. The molecule has 1 aliphatic rings. The first-order valence-corrected chi connectivity index (χ1v) is 8.01. The van der Waals surface area contributed by atoms with Gasteiger partial charge in [-0.3, -0.25) is 9.59 Å². The summed E-state index contributed by atoms with van der Waals surface area (Å²) in [6.07, 6.45) is 0.934. The van der Waals surface area contributed by atoms with Crippen LogP contribution in [0.15, 0.2) is 49.1 Å². The number of rotatable bonds is 4. The number of fused-ring (bicyclic) bond motifs is 1. The van der Waals surface area contributed by atoms with Crippen LogP contribution >= 0.6 is 0 Å². The van der Waals surface area contributed by atoms with Gasteiger partial charge in [0.25, 0.3) is 5.91 Å². The molecule has 26 heavy (non-hydrogen) atoms. The van der Waals surface area contributed by atoms with Crippen LogP contribution in [0, 0.1) is 0 Å². The number of anilines is 2. The number of para-hydroxylation sites is 1. The van der Waals surface area contributed by atoms with E-state index in [1.54, 1.807) is 18.2 Å². The molecule has 0 bridgehead atoms. The summed E-state index contributed by atoms with van der Waals surface area (Å²) >= 11 is 0. The molecule has 3 rings (SSSR count). The number of phenols is 1. The molecule has 0 aliphatic carbocycles. The van der Waals surface area contributed by atoms with Crippen LogP contribution in [-0.4, -0.2) is 28.6 Å². The second kappa shape index (κ2) is 7.28. The molecule has 1 heterocycles. The van der Waals surface area contributed by atoms with Gasteiger partial charge in [0.15, 0.2) is 0 Å². The van der Waals surface area contributed by atoms with Crippen LogP contribution in [0.5, 0.6) is 11.5 Å². The third-order valence-electron chi connectivity index (χ3n) is 3.98. The van der Waals surface area contributed by atoms with E-state index < -0.39 is 17.9 Å². The van der Waals surface area contributed by atoms with E-state index in [-0.39, 0.29) is 11.3 Å². The number of hydrogen-bond acceptors (Lipinski definition) is 5. The summed E-state index contributed by atoms with van der Waals surface area (Å²) in [5.41, 5.74) is 1.33. The minimum absolute atomic E-state index is 0.0131. The van der Waals surface area contributed by atoms with E-state index in [4.69, 9.17) is 4.74 Å². The molecular weight excluding hydrogens is 336 g/mol. The predicted molar refractivity (Wildman–Crippen MR) is 96.4 cm³/mol.